The first-order chi connectivity index (χ1) is 13.1. The molecule has 3 nitrogen and oxygen atoms in total. The third kappa shape index (κ3) is 3.89. The van der Waals surface area contributed by atoms with Crippen molar-refractivity contribution >= 4 is 12.1 Å². The molecule has 140 valence electrons. The molecule has 1 saturated heterocycles. The first-order valence-electron chi connectivity index (χ1n) is 10.0. The molecule has 0 amide bonds. The van der Waals surface area contributed by atoms with Crippen LogP contribution in [0.3, 0.4) is 0 Å². The van der Waals surface area contributed by atoms with Crippen LogP contribution in [0.25, 0.3) is 0 Å². The number of ketones is 1. The Kier molecular flexibility index (Phi) is 5.22. The molecule has 1 aliphatic heterocycles. The number of aryl methyl sites for hydroxylation is 1. The normalized spacial score (nSPS) is 20.6. The van der Waals surface area contributed by atoms with E-state index in [1.165, 1.54) is 18.4 Å². The molecule has 1 heterocycles. The van der Waals surface area contributed by atoms with E-state index in [1.807, 2.05) is 19.1 Å². The lowest BCUT2D eigenvalue weighted by atomic mass is 9.85. The second kappa shape index (κ2) is 7.77. The van der Waals surface area contributed by atoms with Gasteiger partial charge in [0.15, 0.2) is 5.78 Å². The largest absolute Gasteiger partial charge is 0.299 e. The Labute approximate surface area is 161 Å². The third-order valence-corrected chi connectivity index (χ3v) is 6.30. The van der Waals surface area contributed by atoms with Gasteiger partial charge in [0, 0.05) is 23.6 Å². The summed E-state index contributed by atoms with van der Waals surface area (Å²) in [6.07, 6.45) is 5.04. The number of piperidine rings is 1. The highest BCUT2D eigenvalue weighted by atomic mass is 16.1. The van der Waals surface area contributed by atoms with Gasteiger partial charge in [-0.3, -0.25) is 14.5 Å². The van der Waals surface area contributed by atoms with Crippen LogP contribution in [0.15, 0.2) is 42.5 Å². The molecular formula is C24H27NO2. The van der Waals surface area contributed by atoms with E-state index in [0.29, 0.717) is 11.5 Å². The van der Waals surface area contributed by atoms with Crippen LogP contribution < -0.4 is 0 Å². The van der Waals surface area contributed by atoms with Crippen molar-refractivity contribution in [2.75, 3.05) is 13.1 Å². The van der Waals surface area contributed by atoms with Gasteiger partial charge >= 0.3 is 0 Å². The molecule has 3 heteroatoms. The number of rotatable bonds is 5. The highest BCUT2D eigenvalue weighted by molar-refractivity contribution is 6.03. The second-order valence-electron chi connectivity index (χ2n) is 8.19. The molecule has 4 rings (SSSR count). The van der Waals surface area contributed by atoms with Gasteiger partial charge in [-0.2, -0.15) is 0 Å². The smallest absolute Gasteiger partial charge is 0.166 e. The Balaban J connectivity index is 1.33. The fraction of sp³-hybridized carbons (Fsp3) is 0.417. The van der Waals surface area contributed by atoms with Crippen LogP contribution in [0.5, 0.6) is 0 Å². The molecule has 2 aromatic carbocycles. The minimum Gasteiger partial charge on any atom is -0.299 e. The molecule has 0 radical (unpaired) electrons. The first-order valence-corrected chi connectivity index (χ1v) is 10.0. The third-order valence-electron chi connectivity index (χ3n) is 6.30. The maximum atomic E-state index is 12.8. The summed E-state index contributed by atoms with van der Waals surface area (Å²) in [6, 6.07) is 14.5. The lowest BCUT2D eigenvalue weighted by Gasteiger charge is -2.32. The predicted molar refractivity (Wildman–Crippen MR) is 107 cm³/mol. The fourth-order valence-electron chi connectivity index (χ4n) is 4.70. The number of nitrogens with zero attached hydrogens (tertiary/aromatic N) is 1. The van der Waals surface area contributed by atoms with Crippen molar-refractivity contribution in [1.29, 1.82) is 0 Å². The fourth-order valence-corrected chi connectivity index (χ4v) is 4.70. The monoisotopic (exact) mass is 361 g/mol. The predicted octanol–water partition coefficient (Wildman–Crippen LogP) is 4.46. The van der Waals surface area contributed by atoms with E-state index in [-0.39, 0.29) is 11.7 Å². The topological polar surface area (TPSA) is 37.4 Å². The van der Waals surface area contributed by atoms with Crippen molar-refractivity contribution in [1.82, 2.24) is 4.90 Å². The molecule has 2 aromatic rings. The SMILES string of the molecule is Cc1cc2c(cc1C=O)C(=O)C(CC1CCN(Cc3ccccc3)CC1)C2. The summed E-state index contributed by atoms with van der Waals surface area (Å²) in [4.78, 5) is 26.5. The van der Waals surface area contributed by atoms with Crippen LogP contribution in [0.2, 0.25) is 0 Å². The summed E-state index contributed by atoms with van der Waals surface area (Å²) in [5.41, 5.74) is 4.92. The molecule has 0 spiro atoms. The number of aldehydes is 1. The summed E-state index contributed by atoms with van der Waals surface area (Å²) in [7, 11) is 0. The molecule has 0 N–H and O–H groups in total. The minimum atomic E-state index is 0.104. The summed E-state index contributed by atoms with van der Waals surface area (Å²) >= 11 is 0. The summed E-state index contributed by atoms with van der Waals surface area (Å²) in [5, 5.41) is 0. The van der Waals surface area contributed by atoms with E-state index >= 15 is 0 Å². The van der Waals surface area contributed by atoms with Gasteiger partial charge in [-0.05, 0) is 74.4 Å². The molecule has 0 saturated carbocycles. The first kappa shape index (κ1) is 18.1. The van der Waals surface area contributed by atoms with Gasteiger partial charge in [0.25, 0.3) is 0 Å². The van der Waals surface area contributed by atoms with Gasteiger partial charge in [-0.1, -0.05) is 36.4 Å². The average molecular weight is 361 g/mol. The number of hydrogen-bond donors (Lipinski definition) is 0. The van der Waals surface area contributed by atoms with Crippen LogP contribution in [0, 0.1) is 18.8 Å². The molecule has 1 fully saturated rings. The van der Waals surface area contributed by atoms with E-state index in [1.54, 1.807) is 0 Å². The van der Waals surface area contributed by atoms with Gasteiger partial charge in [0.2, 0.25) is 0 Å². The van der Waals surface area contributed by atoms with E-state index in [0.717, 1.165) is 55.5 Å². The molecule has 0 bridgehead atoms. The number of likely N-dealkylation sites (tertiary alicyclic amines) is 1. The number of carbonyl (C=O) groups is 2. The number of Topliss-reactive ketones (excluding diaryl/α,β-unsaturated/α-hetero) is 1. The molecule has 2 aliphatic rings. The van der Waals surface area contributed by atoms with Crippen molar-refractivity contribution < 1.29 is 9.59 Å². The Morgan fingerprint density at radius 1 is 1.11 bits per heavy atom. The molecule has 27 heavy (non-hydrogen) atoms. The zero-order valence-electron chi connectivity index (χ0n) is 16.0. The maximum absolute atomic E-state index is 12.8. The molecule has 1 atom stereocenters. The van der Waals surface area contributed by atoms with Crippen LogP contribution >= 0.6 is 0 Å². The Morgan fingerprint density at radius 3 is 2.56 bits per heavy atom. The van der Waals surface area contributed by atoms with Crippen LogP contribution in [0.1, 0.15) is 56.7 Å². The van der Waals surface area contributed by atoms with Gasteiger partial charge in [-0.15, -0.1) is 0 Å². The number of hydrogen-bond acceptors (Lipinski definition) is 3. The lowest BCUT2D eigenvalue weighted by molar-refractivity contribution is 0.0895. The van der Waals surface area contributed by atoms with Gasteiger partial charge < -0.3 is 0 Å². The Morgan fingerprint density at radius 2 is 1.85 bits per heavy atom. The van der Waals surface area contributed by atoms with Crippen molar-refractivity contribution in [2.24, 2.45) is 11.8 Å². The van der Waals surface area contributed by atoms with Crippen LogP contribution in [-0.4, -0.2) is 30.1 Å². The zero-order valence-corrected chi connectivity index (χ0v) is 16.0. The lowest BCUT2D eigenvalue weighted by Crippen LogP contribution is -2.34. The summed E-state index contributed by atoms with van der Waals surface area (Å²) in [6.45, 7) is 5.20. The standard InChI is InChI=1S/C24H27NO2/c1-17-11-20-13-21(24(27)23(20)14-22(17)16-26)12-18-7-9-25(10-8-18)15-19-5-3-2-4-6-19/h2-6,11,14,16,18,21H,7-10,12-13,15H2,1H3. The average Bonchev–Trinajstić information content (AvgIpc) is 2.98. The van der Waals surface area contributed by atoms with E-state index in [4.69, 9.17) is 0 Å². The van der Waals surface area contributed by atoms with Gasteiger partial charge in [0.05, 0.1) is 0 Å². The maximum Gasteiger partial charge on any atom is 0.166 e. The molecular weight excluding hydrogens is 334 g/mol. The van der Waals surface area contributed by atoms with Crippen molar-refractivity contribution in [3.63, 3.8) is 0 Å². The molecule has 1 unspecified atom stereocenters. The number of fused-ring (bicyclic) bond motifs is 1. The highest BCUT2D eigenvalue weighted by Gasteiger charge is 2.33. The Bertz CT molecular complexity index is 835. The highest BCUT2D eigenvalue weighted by Crippen LogP contribution is 2.35. The molecule has 1 aliphatic carbocycles. The zero-order chi connectivity index (χ0) is 18.8. The number of benzene rings is 2. The summed E-state index contributed by atoms with van der Waals surface area (Å²) in [5.74, 6) is 0.985. The van der Waals surface area contributed by atoms with Crippen molar-refractivity contribution in [3.05, 3.63) is 70.3 Å². The van der Waals surface area contributed by atoms with E-state index < -0.39 is 0 Å². The van der Waals surface area contributed by atoms with Crippen LogP contribution in [-0.2, 0) is 13.0 Å². The van der Waals surface area contributed by atoms with Crippen LogP contribution in [0.4, 0.5) is 0 Å². The summed E-state index contributed by atoms with van der Waals surface area (Å²) < 4.78 is 0. The van der Waals surface area contributed by atoms with Crippen molar-refractivity contribution in [2.45, 2.75) is 39.2 Å². The minimum absolute atomic E-state index is 0.104. The van der Waals surface area contributed by atoms with Gasteiger partial charge in [0.1, 0.15) is 6.29 Å². The number of carbonyl (C=O) groups excluding carboxylic acids is 2. The quantitative estimate of drug-likeness (QED) is 0.738. The second-order valence-corrected chi connectivity index (χ2v) is 8.19. The van der Waals surface area contributed by atoms with Gasteiger partial charge in [-0.25, -0.2) is 0 Å². The van der Waals surface area contributed by atoms with E-state index in [9.17, 15) is 9.59 Å². The van der Waals surface area contributed by atoms with Crippen molar-refractivity contribution in [3.8, 4) is 0 Å². The molecule has 0 aromatic heterocycles. The van der Waals surface area contributed by atoms with E-state index in [2.05, 4.69) is 35.2 Å². The Hall–Kier alpha value is -2.26.